The summed E-state index contributed by atoms with van der Waals surface area (Å²) in [6.07, 6.45) is 16.9. The molecular formula is C67H92BNO6. The number of rotatable bonds is 21. The van der Waals surface area contributed by atoms with Crippen LogP contribution in [0.4, 0.5) is 0 Å². The number of carbonyl (C=O) groups is 1. The molecule has 8 heteroatoms. The summed E-state index contributed by atoms with van der Waals surface area (Å²) in [7, 11) is -0.347. The Morgan fingerprint density at radius 1 is 0.560 bits per heavy atom. The van der Waals surface area contributed by atoms with Crippen LogP contribution in [0.5, 0.6) is 0 Å². The van der Waals surface area contributed by atoms with Gasteiger partial charge in [-0.3, -0.25) is 9.78 Å². The summed E-state index contributed by atoms with van der Waals surface area (Å²) in [6, 6.07) is 31.0. The highest BCUT2D eigenvalue weighted by molar-refractivity contribution is 6.62. The first-order valence-electron chi connectivity index (χ1n) is 28.2. The van der Waals surface area contributed by atoms with Gasteiger partial charge in [0, 0.05) is 22.6 Å². The molecule has 0 spiro atoms. The van der Waals surface area contributed by atoms with Gasteiger partial charge in [-0.2, -0.15) is 0 Å². The van der Waals surface area contributed by atoms with Gasteiger partial charge in [-0.05, 0) is 181 Å². The van der Waals surface area contributed by atoms with E-state index in [4.69, 9.17) is 14.0 Å². The van der Waals surface area contributed by atoms with Crippen LogP contribution >= 0.6 is 0 Å². The van der Waals surface area contributed by atoms with Crippen LogP contribution in [-0.2, 0) is 36.1 Å². The van der Waals surface area contributed by atoms with Crippen molar-refractivity contribution in [2.75, 3.05) is 6.61 Å². The maximum Gasteiger partial charge on any atom is 0.495 e. The minimum absolute atomic E-state index is 0.0696. The molecular weight excluding hydrogens is 926 g/mol. The van der Waals surface area contributed by atoms with Gasteiger partial charge in [0.1, 0.15) is 0 Å². The summed E-state index contributed by atoms with van der Waals surface area (Å²) < 4.78 is 17.7. The zero-order chi connectivity index (χ0) is 55.6. The highest BCUT2D eigenvalue weighted by atomic mass is 16.7. The number of esters is 1. The Balaban J connectivity index is 0.000000278. The number of benzene rings is 4. The normalized spacial score (nSPS) is 14.9. The number of hydrogen-bond acceptors (Lipinski definition) is 7. The average molecular weight is 1020 g/mol. The fourth-order valence-electron chi connectivity index (χ4n) is 10.8. The molecule has 5 aromatic rings. The lowest BCUT2D eigenvalue weighted by Gasteiger charge is -2.34. The molecule has 1 aliphatic heterocycles. The second-order valence-corrected chi connectivity index (χ2v) is 22.2. The van der Waals surface area contributed by atoms with Crippen molar-refractivity contribution in [2.45, 2.75) is 209 Å². The minimum atomic E-state index is -0.753. The Kier molecular flexibility index (Phi) is 20.5. The molecule has 2 heterocycles. The molecule has 1 aromatic heterocycles. The summed E-state index contributed by atoms with van der Waals surface area (Å²) >= 11 is 0. The van der Waals surface area contributed by atoms with E-state index in [0.717, 1.165) is 59.1 Å². The Labute approximate surface area is 453 Å². The molecule has 0 aliphatic carbocycles. The largest absolute Gasteiger partial charge is 0.495 e. The van der Waals surface area contributed by atoms with E-state index in [1.165, 1.54) is 44.5 Å². The molecule has 1 aliphatic rings. The van der Waals surface area contributed by atoms with E-state index in [1.54, 1.807) is 6.20 Å². The lowest BCUT2D eigenvalue weighted by molar-refractivity contribution is -0.142. The fraction of sp³-hybridized carbons (Fsp3) is 0.493. The average Bonchev–Trinajstić information content (AvgIpc) is 3.62. The van der Waals surface area contributed by atoms with Crippen molar-refractivity contribution in [3.8, 4) is 11.3 Å². The van der Waals surface area contributed by atoms with Crippen LogP contribution in [0.3, 0.4) is 0 Å². The molecule has 0 atom stereocenters. The van der Waals surface area contributed by atoms with Crippen molar-refractivity contribution in [3.63, 3.8) is 0 Å². The summed E-state index contributed by atoms with van der Waals surface area (Å²) in [4.78, 5) is 16.4. The van der Waals surface area contributed by atoms with E-state index in [-0.39, 0.29) is 41.5 Å². The molecule has 0 saturated carbocycles. The number of nitrogens with zero attached hydrogens (tertiary/aromatic N) is 1. The zero-order valence-electron chi connectivity index (χ0n) is 49.1. The van der Waals surface area contributed by atoms with Crippen LogP contribution in [0.1, 0.15) is 203 Å². The number of aromatic nitrogens is 1. The van der Waals surface area contributed by atoms with Gasteiger partial charge in [-0.1, -0.05) is 164 Å². The van der Waals surface area contributed by atoms with Crippen molar-refractivity contribution in [3.05, 3.63) is 164 Å². The maximum absolute atomic E-state index is 11.8. The number of aliphatic hydroxyl groups is 2. The van der Waals surface area contributed by atoms with Gasteiger partial charge in [0.05, 0.1) is 41.1 Å². The van der Waals surface area contributed by atoms with Gasteiger partial charge in [-0.15, -0.1) is 0 Å². The number of pyridine rings is 1. The first-order chi connectivity index (χ1) is 35.4. The number of carbonyl (C=O) groups excluding carboxylic acids is 1. The second-order valence-electron chi connectivity index (χ2n) is 22.2. The molecule has 0 radical (unpaired) electrons. The molecule has 0 bridgehead atoms. The lowest BCUT2D eigenvalue weighted by atomic mass is 9.68. The van der Waals surface area contributed by atoms with Crippen LogP contribution in [0.2, 0.25) is 0 Å². The van der Waals surface area contributed by atoms with E-state index in [1.807, 2.05) is 58.9 Å². The van der Waals surface area contributed by atoms with Gasteiger partial charge < -0.3 is 24.3 Å². The number of hydrogen-bond donors (Lipinski definition) is 2. The van der Waals surface area contributed by atoms with Crippen molar-refractivity contribution >= 4 is 30.7 Å². The summed E-state index contributed by atoms with van der Waals surface area (Å²) in [5.74, 6) is -0.231. The third-order valence-electron chi connectivity index (χ3n) is 17.5. The topological polar surface area (TPSA) is 98.1 Å². The summed E-state index contributed by atoms with van der Waals surface area (Å²) in [5, 5.41) is 21.3. The van der Waals surface area contributed by atoms with Gasteiger partial charge >= 0.3 is 13.1 Å². The first-order valence-corrected chi connectivity index (χ1v) is 28.2. The zero-order valence-corrected chi connectivity index (χ0v) is 49.1. The monoisotopic (exact) mass is 1020 g/mol. The lowest BCUT2D eigenvalue weighted by Crippen LogP contribution is -2.41. The van der Waals surface area contributed by atoms with Gasteiger partial charge in [0.25, 0.3) is 0 Å². The Bertz CT molecular complexity index is 2730. The van der Waals surface area contributed by atoms with Crippen LogP contribution in [0.15, 0.2) is 103 Å². The Morgan fingerprint density at radius 2 is 0.973 bits per heavy atom. The van der Waals surface area contributed by atoms with Gasteiger partial charge in [0.15, 0.2) is 0 Å². The van der Waals surface area contributed by atoms with E-state index >= 15 is 0 Å². The predicted molar refractivity (Wildman–Crippen MR) is 316 cm³/mol. The van der Waals surface area contributed by atoms with Crippen molar-refractivity contribution < 1.29 is 29.1 Å². The molecule has 0 amide bonds. The van der Waals surface area contributed by atoms with Gasteiger partial charge in [-0.25, -0.2) is 0 Å². The quantitative estimate of drug-likeness (QED) is 0.0558. The summed E-state index contributed by atoms with van der Waals surface area (Å²) in [6.45, 7) is 36.4. The number of ether oxygens (including phenoxy) is 1. The molecule has 75 heavy (non-hydrogen) atoms. The molecule has 404 valence electrons. The second kappa shape index (κ2) is 25.4. The maximum atomic E-state index is 11.8. The Hall–Kier alpha value is -5.12. The standard InChI is InChI=1S/C35H45NO3.C32H47BO3/c1-8-34(38,9-2)20-19-28-14-15-29(21-25(28)6)35(10-3,11-4)30-16-17-31(26(7)22-30)32-18-13-27(24-36-32)23-33(37)39-12-5;1-11-31(34,12-2)20-19-25-15-16-26(21-23(25)5)32(13-3,14-4)27-17-18-28(24(6)22-27)33-35-29(7,8)30(9,10)36-33/h13-22,24,38H,8-12,23H2,1-7H3;15-22,34H,11-14H2,1-10H3/b2*20-19+. The smallest absolute Gasteiger partial charge is 0.466 e. The van der Waals surface area contributed by atoms with Crippen LogP contribution in [-0.4, -0.2) is 57.3 Å². The van der Waals surface area contributed by atoms with E-state index in [2.05, 4.69) is 173 Å². The highest BCUT2D eigenvalue weighted by Crippen LogP contribution is 2.43. The van der Waals surface area contributed by atoms with E-state index < -0.39 is 11.2 Å². The number of aryl methyl sites for hydroxylation is 4. The predicted octanol–water partition coefficient (Wildman–Crippen LogP) is 15.4. The van der Waals surface area contributed by atoms with Crippen LogP contribution < -0.4 is 5.46 Å². The molecule has 7 nitrogen and oxygen atoms in total. The first kappa shape index (κ1) is 60.7. The molecule has 0 unspecified atom stereocenters. The third kappa shape index (κ3) is 13.5. The van der Waals surface area contributed by atoms with Crippen LogP contribution in [0, 0.1) is 27.7 Å². The highest BCUT2D eigenvalue weighted by Gasteiger charge is 2.52. The molecule has 2 N–H and O–H groups in total. The molecule has 1 saturated heterocycles. The van der Waals surface area contributed by atoms with E-state index in [0.29, 0.717) is 32.3 Å². The van der Waals surface area contributed by atoms with Crippen molar-refractivity contribution in [2.24, 2.45) is 0 Å². The SMILES string of the molecule is CCC(O)(/C=C/c1ccc(C(CC)(CC)c2ccc(B3OC(C)(C)C(C)(C)O3)c(C)c2)cc1C)CC.CCOC(=O)Cc1ccc(-c2ccc(C(CC)(CC)c3ccc(/C=C/C(O)(CC)CC)c(C)c3)cc2C)nc1. The molecule has 4 aromatic carbocycles. The van der Waals surface area contributed by atoms with Gasteiger partial charge in [0.2, 0.25) is 0 Å². The summed E-state index contributed by atoms with van der Waals surface area (Å²) in [5.41, 5.74) is 14.0. The minimum Gasteiger partial charge on any atom is -0.466 e. The van der Waals surface area contributed by atoms with Crippen molar-refractivity contribution in [1.82, 2.24) is 4.98 Å². The van der Waals surface area contributed by atoms with Crippen molar-refractivity contribution in [1.29, 1.82) is 0 Å². The van der Waals surface area contributed by atoms with Crippen LogP contribution in [0.25, 0.3) is 23.4 Å². The fourth-order valence-corrected chi connectivity index (χ4v) is 10.8. The molecule has 6 rings (SSSR count). The van der Waals surface area contributed by atoms with E-state index in [9.17, 15) is 15.0 Å². The third-order valence-corrected chi connectivity index (χ3v) is 17.5. The molecule has 1 fully saturated rings. The Morgan fingerprint density at radius 3 is 1.33 bits per heavy atom.